The van der Waals surface area contributed by atoms with Crippen molar-refractivity contribution < 1.29 is 4.42 Å². The normalized spacial score (nSPS) is 12.1. The molecule has 0 fully saturated rings. The molecule has 4 heteroatoms. The van der Waals surface area contributed by atoms with Gasteiger partial charge in [0.2, 0.25) is 0 Å². The van der Waals surface area contributed by atoms with E-state index in [4.69, 9.17) is 9.40 Å². The highest BCUT2D eigenvalue weighted by atomic mass is 16.3. The van der Waals surface area contributed by atoms with E-state index in [-0.39, 0.29) is 5.41 Å². The van der Waals surface area contributed by atoms with Crippen molar-refractivity contribution in [1.82, 2.24) is 14.5 Å². The second-order valence-electron chi connectivity index (χ2n) is 10.8. The first kappa shape index (κ1) is 22.5. The summed E-state index contributed by atoms with van der Waals surface area (Å²) in [5.74, 6) is 0.845. The van der Waals surface area contributed by atoms with Crippen LogP contribution in [-0.2, 0) is 5.41 Å². The Kier molecular flexibility index (Phi) is 4.98. The van der Waals surface area contributed by atoms with Gasteiger partial charge in [-0.15, -0.1) is 0 Å². The Labute approximate surface area is 221 Å². The summed E-state index contributed by atoms with van der Waals surface area (Å²) in [6, 6.07) is 33.6. The topological polar surface area (TPSA) is 43.9 Å². The van der Waals surface area contributed by atoms with E-state index >= 15 is 0 Å². The number of benzene rings is 4. The highest BCUT2D eigenvalue weighted by Crippen LogP contribution is 2.40. The van der Waals surface area contributed by atoms with Gasteiger partial charge < -0.3 is 4.42 Å². The number of aromatic nitrogens is 3. The molecule has 0 aliphatic heterocycles. The predicted octanol–water partition coefficient (Wildman–Crippen LogP) is 8.95. The van der Waals surface area contributed by atoms with Gasteiger partial charge in [-0.1, -0.05) is 87.5 Å². The van der Waals surface area contributed by atoms with Crippen LogP contribution in [0.4, 0.5) is 0 Å². The molecule has 0 unspecified atom stereocenters. The van der Waals surface area contributed by atoms with Crippen LogP contribution in [0.2, 0.25) is 0 Å². The number of rotatable bonds is 3. The van der Waals surface area contributed by atoms with Crippen LogP contribution in [0.3, 0.4) is 0 Å². The van der Waals surface area contributed by atoms with Crippen LogP contribution >= 0.6 is 0 Å². The number of fused-ring (bicyclic) bond motifs is 4. The summed E-state index contributed by atoms with van der Waals surface area (Å²) in [6.45, 7) is 6.65. The van der Waals surface area contributed by atoms with Gasteiger partial charge in [0.25, 0.3) is 0 Å². The molecule has 0 radical (unpaired) electrons. The monoisotopic (exact) mass is 493 g/mol. The third kappa shape index (κ3) is 3.52. The van der Waals surface area contributed by atoms with Crippen LogP contribution in [0.1, 0.15) is 26.3 Å². The van der Waals surface area contributed by atoms with Crippen molar-refractivity contribution in [2.75, 3.05) is 0 Å². The van der Waals surface area contributed by atoms with Gasteiger partial charge in [0.05, 0.1) is 17.3 Å². The summed E-state index contributed by atoms with van der Waals surface area (Å²) < 4.78 is 8.87. The van der Waals surface area contributed by atoms with Gasteiger partial charge in [0.15, 0.2) is 0 Å². The van der Waals surface area contributed by atoms with E-state index in [0.717, 1.165) is 61.2 Å². The fraction of sp³-hybridized carbons (Fsp3) is 0.118. The highest BCUT2D eigenvalue weighted by Gasteiger charge is 2.25. The number of imidazole rings is 1. The molecular weight excluding hydrogens is 466 g/mol. The summed E-state index contributed by atoms with van der Waals surface area (Å²) in [5, 5.41) is 2.18. The zero-order chi connectivity index (χ0) is 25.9. The van der Waals surface area contributed by atoms with Crippen molar-refractivity contribution in [3.8, 4) is 28.2 Å². The number of hydrogen-bond donors (Lipinski definition) is 0. The van der Waals surface area contributed by atoms with Gasteiger partial charge in [-0.2, -0.15) is 0 Å². The lowest BCUT2D eigenvalue weighted by atomic mass is 9.87. The van der Waals surface area contributed by atoms with Gasteiger partial charge in [-0.05, 0) is 46.9 Å². The van der Waals surface area contributed by atoms with Gasteiger partial charge >= 0.3 is 0 Å². The summed E-state index contributed by atoms with van der Waals surface area (Å²) in [4.78, 5) is 9.72. The number of nitrogens with zero attached hydrogens (tertiary/aromatic N) is 3. The van der Waals surface area contributed by atoms with Crippen molar-refractivity contribution in [3.05, 3.63) is 115 Å². The molecule has 7 rings (SSSR count). The molecule has 0 saturated carbocycles. The first-order chi connectivity index (χ1) is 18.5. The Bertz CT molecular complexity index is 1940. The van der Waals surface area contributed by atoms with Gasteiger partial charge in [0, 0.05) is 28.2 Å². The summed E-state index contributed by atoms with van der Waals surface area (Å²) in [5.41, 5.74) is 9.03. The molecule has 3 heterocycles. The van der Waals surface area contributed by atoms with Crippen LogP contribution < -0.4 is 0 Å². The first-order valence-electron chi connectivity index (χ1n) is 12.9. The Morgan fingerprint density at radius 2 is 1.47 bits per heavy atom. The van der Waals surface area contributed by atoms with Crippen molar-refractivity contribution >= 4 is 33.0 Å². The summed E-state index contributed by atoms with van der Waals surface area (Å²) in [7, 11) is 0. The van der Waals surface area contributed by atoms with E-state index in [9.17, 15) is 0 Å². The van der Waals surface area contributed by atoms with Crippen LogP contribution in [0.25, 0.3) is 61.2 Å². The van der Waals surface area contributed by atoms with Crippen LogP contribution in [-0.4, -0.2) is 14.5 Å². The largest absolute Gasteiger partial charge is 0.455 e. The third-order valence-corrected chi connectivity index (χ3v) is 7.23. The standard InChI is InChI=1S/C34H27N3O/c1-34(2,3)28-20-35-21-29-31(28)37(24-13-8-5-9-14-24)33(36-29)27-16-10-15-26-25-18-17-23(19-30(25)38-32(26)27)22-11-6-4-7-12-22/h4-21H,1-3H3. The molecule has 4 aromatic carbocycles. The van der Waals surface area contributed by atoms with E-state index in [2.05, 4.69) is 115 Å². The van der Waals surface area contributed by atoms with Crippen LogP contribution in [0, 0.1) is 0 Å². The Hall–Kier alpha value is -4.70. The van der Waals surface area contributed by atoms with Crippen LogP contribution in [0.15, 0.2) is 114 Å². The lowest BCUT2D eigenvalue weighted by Gasteiger charge is -2.21. The molecule has 0 aliphatic carbocycles. The number of pyridine rings is 1. The third-order valence-electron chi connectivity index (χ3n) is 7.23. The van der Waals surface area contributed by atoms with Gasteiger partial charge in [-0.3, -0.25) is 9.55 Å². The molecule has 0 atom stereocenters. The summed E-state index contributed by atoms with van der Waals surface area (Å²) >= 11 is 0. The van der Waals surface area contributed by atoms with Crippen molar-refractivity contribution in [2.45, 2.75) is 26.2 Å². The van der Waals surface area contributed by atoms with E-state index < -0.39 is 0 Å². The highest BCUT2D eigenvalue weighted by molar-refractivity contribution is 6.10. The number of furan rings is 1. The van der Waals surface area contributed by atoms with E-state index in [1.54, 1.807) is 0 Å². The lowest BCUT2D eigenvalue weighted by molar-refractivity contribution is 0.591. The maximum atomic E-state index is 6.62. The Balaban J connectivity index is 1.53. The molecule has 38 heavy (non-hydrogen) atoms. The second-order valence-corrected chi connectivity index (χ2v) is 10.8. The second kappa shape index (κ2) is 8.42. The molecule has 0 amide bonds. The molecule has 184 valence electrons. The quantitative estimate of drug-likeness (QED) is 0.247. The van der Waals surface area contributed by atoms with Crippen LogP contribution in [0.5, 0.6) is 0 Å². The summed E-state index contributed by atoms with van der Waals surface area (Å²) in [6.07, 6.45) is 3.83. The molecular formula is C34H27N3O. The molecule has 0 spiro atoms. The smallest absolute Gasteiger partial charge is 0.149 e. The van der Waals surface area contributed by atoms with E-state index in [0.29, 0.717) is 0 Å². The molecule has 0 N–H and O–H groups in total. The van der Waals surface area contributed by atoms with Gasteiger partial charge in [-0.25, -0.2) is 4.98 Å². The minimum atomic E-state index is -0.102. The minimum Gasteiger partial charge on any atom is -0.455 e. The van der Waals surface area contributed by atoms with E-state index in [1.807, 2.05) is 24.5 Å². The Morgan fingerprint density at radius 1 is 0.711 bits per heavy atom. The van der Waals surface area contributed by atoms with Crippen molar-refractivity contribution in [1.29, 1.82) is 0 Å². The van der Waals surface area contributed by atoms with Crippen molar-refractivity contribution in [3.63, 3.8) is 0 Å². The zero-order valence-electron chi connectivity index (χ0n) is 21.6. The van der Waals surface area contributed by atoms with Gasteiger partial charge in [0.1, 0.15) is 22.5 Å². The number of hydrogen-bond acceptors (Lipinski definition) is 3. The lowest BCUT2D eigenvalue weighted by Crippen LogP contribution is -2.14. The maximum absolute atomic E-state index is 6.62. The molecule has 0 aliphatic rings. The SMILES string of the molecule is CC(C)(C)c1cncc2nc(-c3cccc4c3oc3cc(-c5ccccc5)ccc34)n(-c3ccccc3)c12. The predicted molar refractivity (Wildman–Crippen MR) is 156 cm³/mol. The molecule has 0 saturated heterocycles. The molecule has 0 bridgehead atoms. The average Bonchev–Trinajstić information content (AvgIpc) is 3.51. The molecule has 7 aromatic rings. The number of para-hydroxylation sites is 2. The fourth-order valence-electron chi connectivity index (χ4n) is 5.37. The molecule has 4 nitrogen and oxygen atoms in total. The van der Waals surface area contributed by atoms with Crippen molar-refractivity contribution in [2.24, 2.45) is 0 Å². The van der Waals surface area contributed by atoms with E-state index in [1.165, 1.54) is 5.56 Å². The minimum absolute atomic E-state index is 0.102. The fourth-order valence-corrected chi connectivity index (χ4v) is 5.37. The first-order valence-corrected chi connectivity index (χ1v) is 12.9. The molecule has 3 aromatic heterocycles. The zero-order valence-corrected chi connectivity index (χ0v) is 21.6. The Morgan fingerprint density at radius 3 is 2.24 bits per heavy atom. The maximum Gasteiger partial charge on any atom is 0.149 e. The average molecular weight is 494 g/mol.